The number of nitrogens with zero attached hydrogens (tertiary/aromatic N) is 8. The summed E-state index contributed by atoms with van der Waals surface area (Å²) >= 11 is 1.30. The number of aromatic nitrogens is 5. The van der Waals surface area contributed by atoms with E-state index < -0.39 is 31.4 Å². The predicted molar refractivity (Wildman–Crippen MR) is 348 cm³/mol. The molecule has 2 aromatic carbocycles. The fourth-order valence-corrected chi connectivity index (χ4v) is 16.9. The number of thiazole rings is 1. The first-order chi connectivity index (χ1) is 44.4. The van der Waals surface area contributed by atoms with E-state index in [0.29, 0.717) is 96.3 Å². The van der Waals surface area contributed by atoms with Gasteiger partial charge in [0.1, 0.15) is 22.8 Å². The minimum absolute atomic E-state index is 0.0258. The van der Waals surface area contributed by atoms with Crippen molar-refractivity contribution in [3.8, 4) is 11.1 Å². The Hall–Kier alpha value is -8.48. The first kappa shape index (κ1) is 66.0. The summed E-state index contributed by atoms with van der Waals surface area (Å²) in [5.41, 5.74) is 5.09. The number of fused-ring (bicyclic) bond motifs is 2. The Morgan fingerprint density at radius 1 is 0.871 bits per heavy atom. The average molecular weight is 1310 g/mol. The van der Waals surface area contributed by atoms with Gasteiger partial charge in [-0.15, -0.1) is 0 Å². The minimum Gasteiger partial charge on any atom is -0.476 e. The highest BCUT2D eigenvalue weighted by Gasteiger charge is 2.66. The lowest BCUT2D eigenvalue weighted by Crippen LogP contribution is -2.64. The molecule has 4 aliphatic carbocycles. The summed E-state index contributed by atoms with van der Waals surface area (Å²) < 4.78 is 26.6. The molecule has 93 heavy (non-hydrogen) atoms. The van der Waals surface area contributed by atoms with Crippen LogP contribution in [-0.4, -0.2) is 149 Å². The molecule has 0 saturated heterocycles. The molecule has 4 saturated carbocycles. The van der Waals surface area contributed by atoms with E-state index >= 15 is 0 Å². The smallest absolute Gasteiger partial charge is 0.410 e. The molecule has 0 spiro atoms. The molecule has 4 bridgehead atoms. The van der Waals surface area contributed by atoms with Crippen molar-refractivity contribution < 1.29 is 62.5 Å². The molecule has 2 unspecified atom stereocenters. The summed E-state index contributed by atoms with van der Waals surface area (Å²) in [4.78, 5) is 127. The average Bonchev–Trinajstić information content (AvgIpc) is 0.738. The number of unbranched alkanes of at least 4 members (excludes halogenated alkanes) is 2. The van der Waals surface area contributed by atoms with Crippen molar-refractivity contribution in [3.63, 3.8) is 0 Å². The third kappa shape index (κ3) is 16.0. The third-order valence-corrected chi connectivity index (χ3v) is 20.1. The van der Waals surface area contributed by atoms with Gasteiger partial charge < -0.3 is 44.8 Å². The molecule has 6 aromatic rings. The molecule has 1 radical (unpaired) electrons. The van der Waals surface area contributed by atoms with Crippen LogP contribution in [0.3, 0.4) is 0 Å². The van der Waals surface area contributed by atoms with Gasteiger partial charge in [0.2, 0.25) is 11.8 Å². The molecule has 12 rings (SSSR count). The van der Waals surface area contributed by atoms with Gasteiger partial charge in [0, 0.05) is 111 Å². The summed E-state index contributed by atoms with van der Waals surface area (Å²) in [6.07, 6.45) is 16.2. The zero-order valence-electron chi connectivity index (χ0n) is 52.4. The van der Waals surface area contributed by atoms with Gasteiger partial charge in [0.05, 0.1) is 24.6 Å². The Morgan fingerprint density at radius 3 is 2.43 bits per heavy atom. The maximum Gasteiger partial charge on any atom is 0.410 e. The molecule has 4 aromatic heterocycles. The van der Waals surface area contributed by atoms with Gasteiger partial charge in [-0.05, 0) is 147 Å². The van der Waals surface area contributed by atoms with Gasteiger partial charge in [-0.3, -0.25) is 43.4 Å². The molecule has 6 heterocycles. The van der Waals surface area contributed by atoms with Crippen LogP contribution in [0.5, 0.6) is 0 Å². The van der Waals surface area contributed by atoms with Crippen LogP contribution in [0.15, 0.2) is 91.3 Å². The molecular weight excluding hydrogens is 1230 g/mol. The van der Waals surface area contributed by atoms with Gasteiger partial charge in [-0.2, -0.15) is 5.10 Å². The standard InChI is InChI=1S/C67H77N11O13PS/c1-44-50(48-19-20-53(73-58(48)61(84)85)76-29-24-46-14-8-16-49(51(46)36-76)59(83)74-62-72-52-17-9-25-69-60(52)93-62)35-70-78(44)43-66-38-64(2)37-65(3,39-66)41-67(40-64,42-66)91-32-30-75(27-11-33-92(87,88)89)63(86)90-31-10-13-45-12-7-15-47(34-45)71-55(80)23-26-68-54(79)18-5-4-6-28-77-56(81)21-22-57(77)82/h7-10,12-14,16-17,19-22,25,34-35H,4-6,11,18,23-24,26-33,36-43H2,1-3H3,(H,68,79)(H,71,80)(H,84,85)(H,72,74,83)(H2,87,88,89)/b13-10+. The van der Waals surface area contributed by atoms with E-state index in [-0.39, 0.29) is 104 Å². The molecule has 24 nitrogen and oxygen atoms in total. The van der Waals surface area contributed by atoms with Crippen LogP contribution in [0.2, 0.25) is 0 Å². The number of carboxylic acids is 1. The first-order valence-corrected chi connectivity index (χ1v) is 34.1. The summed E-state index contributed by atoms with van der Waals surface area (Å²) in [6.45, 7) is 8.72. The number of aromatic carboxylic acids is 1. The lowest BCUT2D eigenvalue weighted by Gasteiger charge is -2.69. The van der Waals surface area contributed by atoms with Gasteiger partial charge >= 0.3 is 19.7 Å². The number of amides is 6. The van der Waals surface area contributed by atoms with Crippen molar-refractivity contribution in [1.82, 2.24) is 39.8 Å². The van der Waals surface area contributed by atoms with E-state index in [1.165, 1.54) is 33.3 Å². The van der Waals surface area contributed by atoms with Crippen LogP contribution in [0.1, 0.15) is 134 Å². The molecule has 2 atom stereocenters. The number of imide groups is 1. The van der Waals surface area contributed by atoms with Gasteiger partial charge in [0.25, 0.3) is 17.7 Å². The Labute approximate surface area is 542 Å². The predicted octanol–water partition coefficient (Wildman–Crippen LogP) is 9.36. The second kappa shape index (κ2) is 27.6. The van der Waals surface area contributed by atoms with E-state index in [4.69, 9.17) is 19.6 Å². The van der Waals surface area contributed by atoms with Crippen LogP contribution >= 0.6 is 18.9 Å². The Bertz CT molecular complexity index is 3920. The summed E-state index contributed by atoms with van der Waals surface area (Å²) in [7, 11) is -4.36. The minimum atomic E-state index is -4.36. The van der Waals surface area contributed by atoms with E-state index in [1.807, 2.05) is 40.8 Å². The van der Waals surface area contributed by atoms with Crippen LogP contribution < -0.4 is 20.9 Å². The number of carboxylic acid groups (broad SMARTS) is 1. The maximum atomic E-state index is 13.8. The Kier molecular flexibility index (Phi) is 19.6. The summed E-state index contributed by atoms with van der Waals surface area (Å²) in [5.74, 6) is -2.19. The number of hydrogen-bond acceptors (Lipinski definition) is 16. The highest BCUT2D eigenvalue weighted by atomic mass is 32.1. The van der Waals surface area contributed by atoms with Crippen LogP contribution in [0.4, 0.5) is 21.4 Å². The van der Waals surface area contributed by atoms with Crippen molar-refractivity contribution in [1.29, 1.82) is 0 Å². The van der Waals surface area contributed by atoms with Crippen molar-refractivity contribution in [3.05, 3.63) is 131 Å². The first-order valence-electron chi connectivity index (χ1n) is 31.5. The molecule has 2 aliphatic heterocycles. The molecule has 6 aliphatic rings. The number of benzene rings is 2. The van der Waals surface area contributed by atoms with E-state index in [9.17, 15) is 53.0 Å². The topological polar surface area (TPSA) is 318 Å². The number of rotatable bonds is 28. The zero-order valence-corrected chi connectivity index (χ0v) is 54.1. The fraction of sp³-hybridized carbons (Fsp3) is 0.448. The van der Waals surface area contributed by atoms with Gasteiger partial charge in [0.15, 0.2) is 10.8 Å². The van der Waals surface area contributed by atoms with Crippen molar-refractivity contribution in [2.24, 2.45) is 16.2 Å². The Balaban J connectivity index is 0.684. The third-order valence-electron chi connectivity index (χ3n) is 18.3. The van der Waals surface area contributed by atoms with E-state index in [1.54, 1.807) is 60.9 Å². The molecular formula is C67H77N11O13PS. The summed E-state index contributed by atoms with van der Waals surface area (Å²) in [5, 5.41) is 24.6. The molecule has 489 valence electrons. The fourth-order valence-electron chi connectivity index (χ4n) is 15.5. The number of pyridine rings is 2. The second-order valence-electron chi connectivity index (χ2n) is 26.2. The van der Waals surface area contributed by atoms with Crippen LogP contribution in [0, 0.1) is 29.2 Å². The van der Waals surface area contributed by atoms with E-state index in [0.717, 1.165) is 60.2 Å². The van der Waals surface area contributed by atoms with Crippen LogP contribution in [-0.2, 0) is 52.7 Å². The highest BCUT2D eigenvalue weighted by Crippen LogP contribution is 2.72. The molecule has 4 fully saturated rings. The number of carbonyl (C=O) groups excluding carboxylic acids is 6. The lowest BCUT2D eigenvalue weighted by molar-refractivity contribution is -0.248. The largest absolute Gasteiger partial charge is 0.476 e. The van der Waals surface area contributed by atoms with Crippen molar-refractivity contribution in [2.45, 2.75) is 123 Å². The normalized spacial score (nSPS) is 21.4. The number of anilines is 3. The van der Waals surface area contributed by atoms with Gasteiger partial charge in [-0.1, -0.05) is 61.9 Å². The van der Waals surface area contributed by atoms with Gasteiger partial charge in [-0.25, -0.2) is 24.5 Å². The number of ether oxygens (including phenoxy) is 2. The van der Waals surface area contributed by atoms with Crippen molar-refractivity contribution in [2.75, 3.05) is 67.6 Å². The quantitative estimate of drug-likeness (QED) is 0.0151. The monoisotopic (exact) mass is 1310 g/mol. The molecule has 26 heteroatoms. The maximum absolute atomic E-state index is 13.8. The van der Waals surface area contributed by atoms with Crippen LogP contribution in [0.25, 0.3) is 27.6 Å². The number of hydrogen-bond donors (Lipinski definition) is 6. The van der Waals surface area contributed by atoms with E-state index in [2.05, 4.69) is 45.8 Å². The SMILES string of the molecule is Cc1c(-c2ccc(N3CCc4cccc(C(=O)Nc5nc6cccnc6s5)c4C3)nc2C(=O)O)cnn1CC12CC3(C)CC(C)(C1)CC(OCCN(CCCP(=O)(O)O)C(=O)OC/C=C/c1cc[c]c(NC(=O)CCNC(=O)CCCCCN4C(=O)C=CC4=O)c1)(C3)C2. The number of nitrogens with one attached hydrogen (secondary N) is 3. The summed E-state index contributed by atoms with van der Waals surface area (Å²) in [6, 6.07) is 21.0. The zero-order chi connectivity index (χ0) is 65.7. The highest BCUT2D eigenvalue weighted by molar-refractivity contribution is 7.51. The van der Waals surface area contributed by atoms with Crippen molar-refractivity contribution >= 4 is 93.6 Å². The second-order valence-corrected chi connectivity index (χ2v) is 28.9. The number of carbonyl (C=O) groups is 7. The lowest BCUT2D eigenvalue weighted by atomic mass is 9.39. The Morgan fingerprint density at radius 2 is 1.67 bits per heavy atom. The molecule has 6 amide bonds. The molecule has 6 N–H and O–H groups in total.